The number of rotatable bonds is 6. The molecule has 0 amide bonds. The molecule has 2 rings (SSSR count). The van der Waals surface area contributed by atoms with Crippen molar-refractivity contribution in [2.24, 2.45) is 0 Å². The van der Waals surface area contributed by atoms with Crippen molar-refractivity contribution >= 4 is 11.6 Å². The number of hydrogen-bond donors (Lipinski definition) is 0. The molecular weight excluding hydrogens is 273 g/mol. The number of unbranched alkanes of at least 4 members (excludes halogenated alkanes) is 3. The summed E-state index contributed by atoms with van der Waals surface area (Å²) in [5.74, 6) is -0.520. The second-order valence-electron chi connectivity index (χ2n) is 4.98. The van der Waals surface area contributed by atoms with Gasteiger partial charge in [0.15, 0.2) is 0 Å². The first-order valence-corrected chi connectivity index (χ1v) is 7.50. The standard InChI is InChI=1S/C17H19ClFN/c1-2-3-4-5-6-13-7-9-14(10-8-13)15-11-12-16(18)20-17(15)19/h7-12H,2-6H2,1H3. The molecule has 0 spiro atoms. The van der Waals surface area contributed by atoms with Crippen LogP contribution in [-0.4, -0.2) is 4.98 Å². The third-order valence-electron chi connectivity index (χ3n) is 3.40. The minimum absolute atomic E-state index is 0.179. The molecule has 106 valence electrons. The highest BCUT2D eigenvalue weighted by Gasteiger charge is 2.07. The number of hydrogen-bond acceptors (Lipinski definition) is 1. The molecule has 0 saturated heterocycles. The molecule has 0 aliphatic carbocycles. The van der Waals surface area contributed by atoms with E-state index in [1.165, 1.54) is 31.2 Å². The van der Waals surface area contributed by atoms with Crippen LogP contribution in [-0.2, 0) is 6.42 Å². The Hall–Kier alpha value is -1.41. The summed E-state index contributed by atoms with van der Waals surface area (Å²) in [6, 6.07) is 11.3. The molecule has 1 aromatic carbocycles. The quantitative estimate of drug-likeness (QED) is 0.494. The van der Waals surface area contributed by atoms with Crippen LogP contribution < -0.4 is 0 Å². The van der Waals surface area contributed by atoms with Gasteiger partial charge in [0.2, 0.25) is 5.95 Å². The summed E-state index contributed by atoms with van der Waals surface area (Å²) in [5.41, 5.74) is 2.63. The zero-order chi connectivity index (χ0) is 14.4. The maximum Gasteiger partial charge on any atom is 0.222 e. The summed E-state index contributed by atoms with van der Waals surface area (Å²) in [6.07, 6.45) is 6.11. The van der Waals surface area contributed by atoms with Crippen molar-refractivity contribution in [3.63, 3.8) is 0 Å². The summed E-state index contributed by atoms with van der Waals surface area (Å²) in [5, 5.41) is 0.179. The van der Waals surface area contributed by atoms with Crippen LogP contribution in [0.15, 0.2) is 36.4 Å². The van der Waals surface area contributed by atoms with E-state index in [4.69, 9.17) is 11.6 Å². The Balaban J connectivity index is 2.04. The van der Waals surface area contributed by atoms with Gasteiger partial charge in [0.1, 0.15) is 5.15 Å². The zero-order valence-electron chi connectivity index (χ0n) is 11.7. The normalized spacial score (nSPS) is 10.8. The van der Waals surface area contributed by atoms with Gasteiger partial charge in [-0.2, -0.15) is 4.39 Å². The Morgan fingerprint density at radius 1 is 1.00 bits per heavy atom. The Morgan fingerprint density at radius 2 is 1.75 bits per heavy atom. The summed E-state index contributed by atoms with van der Waals surface area (Å²) in [7, 11) is 0. The van der Waals surface area contributed by atoms with Crippen molar-refractivity contribution in [2.45, 2.75) is 39.0 Å². The van der Waals surface area contributed by atoms with Crippen LogP contribution in [0.4, 0.5) is 4.39 Å². The highest BCUT2D eigenvalue weighted by molar-refractivity contribution is 6.29. The Labute approximate surface area is 124 Å². The lowest BCUT2D eigenvalue weighted by atomic mass is 10.0. The first kappa shape index (κ1) is 15.0. The third kappa shape index (κ3) is 4.04. The molecule has 0 aliphatic rings. The van der Waals surface area contributed by atoms with Crippen molar-refractivity contribution in [2.75, 3.05) is 0 Å². The first-order valence-electron chi connectivity index (χ1n) is 7.12. The number of aromatic nitrogens is 1. The minimum Gasteiger partial charge on any atom is -0.207 e. The molecule has 20 heavy (non-hydrogen) atoms. The van der Waals surface area contributed by atoms with E-state index in [2.05, 4.69) is 24.0 Å². The molecule has 1 nitrogen and oxygen atoms in total. The lowest BCUT2D eigenvalue weighted by Gasteiger charge is -2.05. The molecule has 1 heterocycles. The highest BCUT2D eigenvalue weighted by atomic mass is 35.5. The highest BCUT2D eigenvalue weighted by Crippen LogP contribution is 2.24. The van der Waals surface area contributed by atoms with Gasteiger partial charge >= 0.3 is 0 Å². The smallest absolute Gasteiger partial charge is 0.207 e. The zero-order valence-corrected chi connectivity index (χ0v) is 12.5. The second kappa shape index (κ2) is 7.39. The van der Waals surface area contributed by atoms with Gasteiger partial charge in [0, 0.05) is 5.56 Å². The average molecular weight is 292 g/mol. The van der Waals surface area contributed by atoms with Crippen molar-refractivity contribution < 1.29 is 4.39 Å². The molecule has 0 radical (unpaired) electrons. The number of nitrogens with zero attached hydrogens (tertiary/aromatic N) is 1. The lowest BCUT2D eigenvalue weighted by molar-refractivity contribution is 0.588. The Bertz CT molecular complexity index is 551. The fraction of sp³-hybridized carbons (Fsp3) is 0.353. The van der Waals surface area contributed by atoms with Gasteiger partial charge in [-0.25, -0.2) is 4.98 Å². The number of aryl methyl sites for hydroxylation is 1. The fourth-order valence-corrected chi connectivity index (χ4v) is 2.37. The molecule has 1 aromatic heterocycles. The van der Waals surface area contributed by atoms with Crippen molar-refractivity contribution in [1.29, 1.82) is 0 Å². The number of pyridine rings is 1. The van der Waals surface area contributed by atoms with Gasteiger partial charge in [-0.05, 0) is 36.1 Å². The van der Waals surface area contributed by atoms with Crippen LogP contribution in [0.25, 0.3) is 11.1 Å². The van der Waals surface area contributed by atoms with E-state index in [0.717, 1.165) is 12.0 Å². The summed E-state index contributed by atoms with van der Waals surface area (Å²) in [6.45, 7) is 2.21. The summed E-state index contributed by atoms with van der Waals surface area (Å²) < 4.78 is 13.7. The van der Waals surface area contributed by atoms with Gasteiger partial charge in [-0.15, -0.1) is 0 Å². The molecule has 0 fully saturated rings. The molecule has 0 saturated carbocycles. The summed E-state index contributed by atoms with van der Waals surface area (Å²) >= 11 is 5.66. The van der Waals surface area contributed by atoms with Crippen LogP contribution >= 0.6 is 11.6 Å². The van der Waals surface area contributed by atoms with Crippen LogP contribution in [0.2, 0.25) is 5.15 Å². The van der Waals surface area contributed by atoms with Gasteiger partial charge in [-0.1, -0.05) is 62.1 Å². The topological polar surface area (TPSA) is 12.9 Å². The Kier molecular flexibility index (Phi) is 5.54. The first-order chi connectivity index (χ1) is 9.70. The Morgan fingerprint density at radius 3 is 2.40 bits per heavy atom. The molecule has 0 aliphatic heterocycles. The monoisotopic (exact) mass is 291 g/mol. The van der Waals surface area contributed by atoms with Gasteiger partial charge in [0.05, 0.1) is 0 Å². The van der Waals surface area contributed by atoms with E-state index >= 15 is 0 Å². The van der Waals surface area contributed by atoms with E-state index in [1.54, 1.807) is 12.1 Å². The summed E-state index contributed by atoms with van der Waals surface area (Å²) in [4.78, 5) is 3.64. The van der Waals surface area contributed by atoms with E-state index in [1.807, 2.05) is 12.1 Å². The molecule has 0 N–H and O–H groups in total. The van der Waals surface area contributed by atoms with Gasteiger partial charge in [0.25, 0.3) is 0 Å². The number of halogens is 2. The van der Waals surface area contributed by atoms with Crippen LogP contribution in [0.3, 0.4) is 0 Å². The van der Waals surface area contributed by atoms with Crippen molar-refractivity contribution in [3.05, 3.63) is 53.1 Å². The largest absolute Gasteiger partial charge is 0.222 e. The predicted molar refractivity (Wildman–Crippen MR) is 82.5 cm³/mol. The van der Waals surface area contributed by atoms with E-state index in [-0.39, 0.29) is 5.15 Å². The molecular formula is C17H19ClFN. The molecule has 2 aromatic rings. The van der Waals surface area contributed by atoms with E-state index < -0.39 is 5.95 Å². The lowest BCUT2D eigenvalue weighted by Crippen LogP contribution is -1.90. The molecule has 0 atom stereocenters. The molecule has 0 unspecified atom stereocenters. The number of benzene rings is 1. The van der Waals surface area contributed by atoms with Crippen molar-refractivity contribution in [1.82, 2.24) is 4.98 Å². The maximum atomic E-state index is 13.7. The van der Waals surface area contributed by atoms with Crippen LogP contribution in [0.5, 0.6) is 0 Å². The predicted octanol–water partition coefficient (Wildman–Crippen LogP) is 5.66. The van der Waals surface area contributed by atoms with Crippen LogP contribution in [0, 0.1) is 5.95 Å². The maximum absolute atomic E-state index is 13.7. The van der Waals surface area contributed by atoms with E-state index in [0.29, 0.717) is 5.56 Å². The average Bonchev–Trinajstić information content (AvgIpc) is 2.45. The third-order valence-corrected chi connectivity index (χ3v) is 3.61. The van der Waals surface area contributed by atoms with Gasteiger partial charge in [-0.3, -0.25) is 0 Å². The van der Waals surface area contributed by atoms with Crippen molar-refractivity contribution in [3.8, 4) is 11.1 Å². The minimum atomic E-state index is -0.520. The SMILES string of the molecule is CCCCCCc1ccc(-c2ccc(Cl)nc2F)cc1. The fourth-order valence-electron chi connectivity index (χ4n) is 2.23. The molecule has 3 heteroatoms. The second-order valence-corrected chi connectivity index (χ2v) is 5.37. The van der Waals surface area contributed by atoms with E-state index in [9.17, 15) is 4.39 Å². The van der Waals surface area contributed by atoms with Crippen LogP contribution in [0.1, 0.15) is 38.2 Å². The molecule has 0 bridgehead atoms. The van der Waals surface area contributed by atoms with Gasteiger partial charge < -0.3 is 0 Å².